The lowest BCUT2D eigenvalue weighted by molar-refractivity contribution is 0.0717. The number of carbonyl (C=O) groups excluding carboxylic acids is 1. The maximum Gasteiger partial charge on any atom is 0.251 e. The lowest BCUT2D eigenvalue weighted by Crippen LogP contribution is -2.45. The van der Waals surface area contributed by atoms with Crippen molar-refractivity contribution in [3.05, 3.63) is 35.0 Å². The number of H-pyrrole nitrogens is 1. The Kier molecular flexibility index (Phi) is 3.72. The fourth-order valence-corrected chi connectivity index (χ4v) is 3.13. The van der Waals surface area contributed by atoms with Gasteiger partial charge in [0, 0.05) is 22.2 Å². The quantitative estimate of drug-likeness (QED) is 0.795. The number of aliphatic hydroxyl groups excluding tert-OH is 1. The van der Waals surface area contributed by atoms with E-state index in [2.05, 4.69) is 17.2 Å². The van der Waals surface area contributed by atoms with Crippen LogP contribution in [0.1, 0.15) is 47.3 Å². The third-order valence-corrected chi connectivity index (χ3v) is 4.62. The number of rotatable bonds is 2. The molecule has 0 saturated heterocycles. The van der Waals surface area contributed by atoms with Crippen molar-refractivity contribution in [2.24, 2.45) is 0 Å². The molecule has 0 bridgehead atoms. The number of aliphatic hydroxyl groups is 1. The fourth-order valence-electron chi connectivity index (χ4n) is 3.13. The highest BCUT2D eigenvalue weighted by Gasteiger charge is 2.24. The van der Waals surface area contributed by atoms with Crippen molar-refractivity contribution in [1.82, 2.24) is 10.3 Å². The Balaban J connectivity index is 1.82. The summed E-state index contributed by atoms with van der Waals surface area (Å²) in [6.45, 7) is 4.09. The maximum atomic E-state index is 12.4. The van der Waals surface area contributed by atoms with E-state index in [1.807, 2.05) is 25.1 Å². The predicted octanol–water partition coefficient (Wildman–Crippen LogP) is 2.82. The van der Waals surface area contributed by atoms with Crippen molar-refractivity contribution in [2.45, 2.75) is 51.7 Å². The highest BCUT2D eigenvalue weighted by Crippen LogP contribution is 2.23. The summed E-state index contributed by atoms with van der Waals surface area (Å²) in [5.41, 5.74) is 4.02. The van der Waals surface area contributed by atoms with Crippen LogP contribution in [0.15, 0.2) is 18.2 Å². The summed E-state index contributed by atoms with van der Waals surface area (Å²) >= 11 is 0. The van der Waals surface area contributed by atoms with E-state index >= 15 is 0 Å². The summed E-state index contributed by atoms with van der Waals surface area (Å²) < 4.78 is 0. The van der Waals surface area contributed by atoms with Crippen LogP contribution in [-0.2, 0) is 0 Å². The van der Waals surface area contributed by atoms with Crippen LogP contribution < -0.4 is 5.32 Å². The zero-order chi connectivity index (χ0) is 15.0. The van der Waals surface area contributed by atoms with E-state index in [4.69, 9.17) is 0 Å². The number of aromatic nitrogens is 1. The van der Waals surface area contributed by atoms with Crippen LogP contribution in [-0.4, -0.2) is 28.1 Å². The molecule has 0 spiro atoms. The first-order valence-corrected chi connectivity index (χ1v) is 7.64. The van der Waals surface area contributed by atoms with E-state index in [0.29, 0.717) is 5.56 Å². The molecule has 1 aliphatic carbocycles. The van der Waals surface area contributed by atoms with Gasteiger partial charge in [-0.3, -0.25) is 4.79 Å². The number of fused-ring (bicyclic) bond motifs is 1. The summed E-state index contributed by atoms with van der Waals surface area (Å²) in [6.07, 6.45) is 3.33. The number of hydrogen-bond donors (Lipinski definition) is 3. The maximum absolute atomic E-state index is 12.4. The topological polar surface area (TPSA) is 65.1 Å². The normalized spacial score (nSPS) is 22.4. The Morgan fingerprint density at radius 2 is 2.05 bits per heavy atom. The van der Waals surface area contributed by atoms with Gasteiger partial charge in [0.2, 0.25) is 0 Å². The predicted molar refractivity (Wildman–Crippen MR) is 83.5 cm³/mol. The number of aromatic amines is 1. The molecule has 2 aromatic rings. The molecule has 3 rings (SSSR count). The molecule has 0 aliphatic heterocycles. The van der Waals surface area contributed by atoms with Crippen molar-refractivity contribution in [1.29, 1.82) is 0 Å². The number of aryl methyl sites for hydroxylation is 2. The first kappa shape index (κ1) is 14.1. The second-order valence-corrected chi connectivity index (χ2v) is 6.07. The first-order valence-electron chi connectivity index (χ1n) is 7.64. The van der Waals surface area contributed by atoms with E-state index in [1.165, 1.54) is 5.56 Å². The largest absolute Gasteiger partial charge is 0.391 e. The summed E-state index contributed by atoms with van der Waals surface area (Å²) in [5, 5.41) is 14.0. The molecule has 3 N–H and O–H groups in total. The standard InChI is InChI=1S/C17H22N2O2/c1-10-11(2)18-14-8-7-12(9-13(10)14)17(21)19-15-5-3-4-6-16(15)20/h7-9,15-16,18,20H,3-6H2,1-2H3,(H,19,21)/t15-,16-/m0/s1. The van der Waals surface area contributed by atoms with Gasteiger partial charge in [-0.2, -0.15) is 0 Å². The van der Waals surface area contributed by atoms with Gasteiger partial charge >= 0.3 is 0 Å². The van der Waals surface area contributed by atoms with E-state index in [9.17, 15) is 9.90 Å². The molecule has 1 aromatic carbocycles. The second kappa shape index (κ2) is 5.53. The van der Waals surface area contributed by atoms with E-state index in [-0.39, 0.29) is 11.9 Å². The van der Waals surface area contributed by atoms with E-state index in [0.717, 1.165) is 42.3 Å². The fraction of sp³-hybridized carbons (Fsp3) is 0.471. The molecule has 4 heteroatoms. The Morgan fingerprint density at radius 1 is 1.29 bits per heavy atom. The minimum Gasteiger partial charge on any atom is -0.391 e. The smallest absolute Gasteiger partial charge is 0.251 e. The van der Waals surface area contributed by atoms with Crippen LogP contribution in [0, 0.1) is 13.8 Å². The van der Waals surface area contributed by atoms with Gasteiger partial charge in [0.05, 0.1) is 12.1 Å². The Hall–Kier alpha value is -1.81. The Bertz CT molecular complexity index is 675. The molecule has 1 aliphatic rings. The SMILES string of the molecule is Cc1[nH]c2ccc(C(=O)N[C@H]3CCCC[C@@H]3O)cc2c1C. The number of benzene rings is 1. The molecular formula is C17H22N2O2. The molecule has 1 amide bonds. The van der Waals surface area contributed by atoms with Gasteiger partial charge < -0.3 is 15.4 Å². The van der Waals surface area contributed by atoms with Gasteiger partial charge in [-0.15, -0.1) is 0 Å². The molecule has 112 valence electrons. The lowest BCUT2D eigenvalue weighted by atomic mass is 9.92. The number of hydrogen-bond acceptors (Lipinski definition) is 2. The number of amides is 1. The summed E-state index contributed by atoms with van der Waals surface area (Å²) in [7, 11) is 0. The van der Waals surface area contributed by atoms with E-state index < -0.39 is 6.10 Å². The van der Waals surface area contributed by atoms with Crippen molar-refractivity contribution in [2.75, 3.05) is 0 Å². The van der Waals surface area contributed by atoms with Gasteiger partial charge in [-0.1, -0.05) is 12.8 Å². The summed E-state index contributed by atoms with van der Waals surface area (Å²) in [4.78, 5) is 15.7. The number of nitrogens with one attached hydrogen (secondary N) is 2. The van der Waals surface area contributed by atoms with Crippen molar-refractivity contribution in [3.8, 4) is 0 Å². The van der Waals surface area contributed by atoms with E-state index in [1.54, 1.807) is 0 Å². The second-order valence-electron chi connectivity index (χ2n) is 6.07. The monoisotopic (exact) mass is 286 g/mol. The third-order valence-electron chi connectivity index (χ3n) is 4.62. The molecule has 0 unspecified atom stereocenters. The minimum absolute atomic E-state index is 0.0962. The molecule has 1 saturated carbocycles. The summed E-state index contributed by atoms with van der Waals surface area (Å²) in [6, 6.07) is 5.60. The average molecular weight is 286 g/mol. The zero-order valence-corrected chi connectivity index (χ0v) is 12.6. The molecule has 21 heavy (non-hydrogen) atoms. The van der Waals surface area contributed by atoms with Crippen molar-refractivity contribution < 1.29 is 9.90 Å². The zero-order valence-electron chi connectivity index (χ0n) is 12.6. The molecule has 1 heterocycles. The lowest BCUT2D eigenvalue weighted by Gasteiger charge is -2.28. The molecule has 0 radical (unpaired) electrons. The first-order chi connectivity index (χ1) is 10.1. The molecule has 2 atom stereocenters. The van der Waals surface area contributed by atoms with Crippen LogP contribution in [0.4, 0.5) is 0 Å². The van der Waals surface area contributed by atoms with Gasteiger partial charge in [-0.05, 0) is 50.5 Å². The van der Waals surface area contributed by atoms with Gasteiger partial charge in [0.25, 0.3) is 5.91 Å². The molecule has 1 aromatic heterocycles. The summed E-state index contributed by atoms with van der Waals surface area (Å²) in [5.74, 6) is -0.0962. The van der Waals surface area contributed by atoms with Crippen LogP contribution in [0.3, 0.4) is 0 Å². The highest BCUT2D eigenvalue weighted by molar-refractivity contribution is 5.99. The highest BCUT2D eigenvalue weighted by atomic mass is 16.3. The minimum atomic E-state index is -0.414. The molecule has 4 nitrogen and oxygen atoms in total. The van der Waals surface area contributed by atoms with Crippen LogP contribution in [0.2, 0.25) is 0 Å². The number of carbonyl (C=O) groups is 1. The van der Waals surface area contributed by atoms with Crippen LogP contribution in [0.5, 0.6) is 0 Å². The van der Waals surface area contributed by atoms with Crippen molar-refractivity contribution in [3.63, 3.8) is 0 Å². The van der Waals surface area contributed by atoms with Crippen LogP contribution in [0.25, 0.3) is 10.9 Å². The third kappa shape index (κ3) is 2.68. The van der Waals surface area contributed by atoms with Gasteiger partial charge in [0.15, 0.2) is 0 Å². The Labute approximate surface area is 124 Å². The van der Waals surface area contributed by atoms with Crippen LogP contribution >= 0.6 is 0 Å². The molecular weight excluding hydrogens is 264 g/mol. The molecule has 1 fully saturated rings. The van der Waals surface area contributed by atoms with Gasteiger partial charge in [-0.25, -0.2) is 0 Å². The average Bonchev–Trinajstić information content (AvgIpc) is 2.76. The van der Waals surface area contributed by atoms with Crippen molar-refractivity contribution >= 4 is 16.8 Å². The van der Waals surface area contributed by atoms with Gasteiger partial charge in [0.1, 0.15) is 0 Å². The Morgan fingerprint density at radius 3 is 2.81 bits per heavy atom.